The van der Waals surface area contributed by atoms with Gasteiger partial charge in [-0.25, -0.2) is 0 Å². The highest BCUT2D eigenvalue weighted by Crippen LogP contribution is 2.40. The zero-order valence-corrected chi connectivity index (χ0v) is 25.9. The third-order valence-corrected chi connectivity index (χ3v) is 6.35. The second-order valence-electron chi connectivity index (χ2n) is 9.21. The van der Waals surface area contributed by atoms with Crippen LogP contribution in [-0.2, 0) is 0 Å². The first-order valence-corrected chi connectivity index (χ1v) is 13.9. The molecule has 0 aliphatic heterocycles. The molecule has 0 saturated heterocycles. The highest BCUT2D eigenvalue weighted by atomic mass is 16.5. The van der Waals surface area contributed by atoms with Crippen LogP contribution < -0.4 is 37.9 Å². The number of benzene rings is 3. The van der Waals surface area contributed by atoms with E-state index in [1.807, 2.05) is 60.7 Å². The topological polar surface area (TPSA) is 73.8 Å². The molecule has 0 radical (unpaired) electrons. The first-order valence-electron chi connectivity index (χ1n) is 13.9. The summed E-state index contributed by atoms with van der Waals surface area (Å²) in [5.41, 5.74) is 3.53. The average Bonchev–Trinajstić information content (AvgIpc) is 3.03. The van der Waals surface area contributed by atoms with E-state index < -0.39 is 0 Å². The molecule has 0 bridgehead atoms. The lowest BCUT2D eigenvalue weighted by Gasteiger charge is -2.15. The van der Waals surface area contributed by atoms with E-state index in [9.17, 15) is 0 Å². The molecule has 3 aromatic carbocycles. The van der Waals surface area contributed by atoms with Gasteiger partial charge in [-0.2, -0.15) is 0 Å². The van der Waals surface area contributed by atoms with E-state index in [1.54, 1.807) is 42.7 Å². The Labute approximate surface area is 249 Å². The highest BCUT2D eigenvalue weighted by Gasteiger charge is 2.15. The Kier molecular flexibility index (Phi) is 12.3. The van der Waals surface area contributed by atoms with Crippen LogP contribution in [0.2, 0.25) is 0 Å². The van der Waals surface area contributed by atoms with E-state index in [0.29, 0.717) is 47.7 Å². The molecule has 0 fully saturated rings. The number of hydrogen-bond acceptors (Lipinski definition) is 8. The summed E-state index contributed by atoms with van der Waals surface area (Å²) in [5, 5.41) is 0. The summed E-state index contributed by atoms with van der Waals surface area (Å²) >= 11 is 0. The van der Waals surface area contributed by atoms with Gasteiger partial charge >= 0.3 is 0 Å². The van der Waals surface area contributed by atoms with Crippen molar-refractivity contribution in [2.45, 2.75) is 26.7 Å². The Balaban J connectivity index is 2.08. The number of rotatable bonds is 16. The second-order valence-corrected chi connectivity index (χ2v) is 9.21. The van der Waals surface area contributed by atoms with E-state index >= 15 is 0 Å². The van der Waals surface area contributed by atoms with Crippen LogP contribution in [0.4, 0.5) is 0 Å². The van der Waals surface area contributed by atoms with Gasteiger partial charge in [0.25, 0.3) is 0 Å². The van der Waals surface area contributed by atoms with Crippen molar-refractivity contribution in [3.63, 3.8) is 0 Å². The van der Waals surface area contributed by atoms with E-state index in [1.165, 1.54) is 0 Å². The Hall–Kier alpha value is -4.46. The molecule has 0 atom stereocenters. The summed E-state index contributed by atoms with van der Waals surface area (Å²) in [4.78, 5) is 0. The molecule has 42 heavy (non-hydrogen) atoms. The van der Waals surface area contributed by atoms with E-state index in [2.05, 4.69) is 13.8 Å². The molecule has 0 heterocycles. The molecule has 8 nitrogen and oxygen atoms in total. The summed E-state index contributed by atoms with van der Waals surface area (Å²) in [7, 11) is 9.57. The van der Waals surface area contributed by atoms with Crippen molar-refractivity contribution in [2.24, 2.45) is 0 Å². The molecule has 0 aliphatic carbocycles. The predicted molar refractivity (Wildman–Crippen MR) is 168 cm³/mol. The predicted octanol–water partition coefficient (Wildman–Crippen LogP) is 7.66. The SMILES string of the molecule is CCCOc1cc(C=Cc2cc(OC)c(OC)c(OC)c2)c(OCCC)cc1C=Cc1cc(OC)c(OC)c(OC)c1. The zero-order chi connectivity index (χ0) is 30.5. The molecule has 0 aliphatic rings. The minimum Gasteiger partial charge on any atom is -0.493 e. The molecule has 0 saturated carbocycles. The van der Waals surface area contributed by atoms with Crippen LogP contribution in [0, 0.1) is 0 Å². The zero-order valence-electron chi connectivity index (χ0n) is 25.9. The standard InChI is InChI=1S/C34H42O8/c1-9-15-41-27-21-26(14-12-24-19-31(37-5)34(40-8)32(20-24)38-6)28(42-16-10-2)22-25(27)13-11-23-17-29(35-3)33(39-7)30(18-23)36-4/h11-14,17-22H,9-10,15-16H2,1-8H3. The molecular weight excluding hydrogens is 536 g/mol. The lowest BCUT2D eigenvalue weighted by Crippen LogP contribution is -2.01. The van der Waals surface area contributed by atoms with E-state index in [0.717, 1.165) is 46.6 Å². The van der Waals surface area contributed by atoms with Crippen LogP contribution in [0.3, 0.4) is 0 Å². The van der Waals surface area contributed by atoms with Crippen molar-refractivity contribution < 1.29 is 37.9 Å². The first kappa shape index (κ1) is 32.1. The second kappa shape index (κ2) is 16.1. The fourth-order valence-corrected chi connectivity index (χ4v) is 4.29. The summed E-state index contributed by atoms with van der Waals surface area (Å²) in [5.74, 6) is 4.90. The van der Waals surface area contributed by atoms with Crippen LogP contribution in [-0.4, -0.2) is 55.9 Å². The molecular formula is C34H42O8. The van der Waals surface area contributed by atoms with Crippen LogP contribution in [0.1, 0.15) is 48.9 Å². The molecule has 3 aromatic rings. The lowest BCUT2D eigenvalue weighted by atomic mass is 10.0. The highest BCUT2D eigenvalue weighted by molar-refractivity contribution is 5.80. The van der Waals surface area contributed by atoms with Crippen molar-refractivity contribution in [1.82, 2.24) is 0 Å². The van der Waals surface area contributed by atoms with Crippen LogP contribution in [0.5, 0.6) is 46.0 Å². The third-order valence-electron chi connectivity index (χ3n) is 6.35. The van der Waals surface area contributed by atoms with Gasteiger partial charge in [0.05, 0.1) is 55.9 Å². The number of methoxy groups -OCH3 is 6. The largest absolute Gasteiger partial charge is 0.493 e. The van der Waals surface area contributed by atoms with Crippen LogP contribution in [0.25, 0.3) is 24.3 Å². The Morgan fingerprint density at radius 2 is 0.762 bits per heavy atom. The number of ether oxygens (including phenoxy) is 8. The van der Waals surface area contributed by atoms with Crippen LogP contribution >= 0.6 is 0 Å². The Bertz CT molecular complexity index is 1220. The van der Waals surface area contributed by atoms with Gasteiger partial charge in [-0.05, 0) is 60.4 Å². The van der Waals surface area contributed by atoms with E-state index in [-0.39, 0.29) is 0 Å². The number of hydrogen-bond donors (Lipinski definition) is 0. The molecule has 0 aromatic heterocycles. The maximum Gasteiger partial charge on any atom is 0.203 e. The minimum atomic E-state index is 0.544. The van der Waals surface area contributed by atoms with Gasteiger partial charge in [-0.3, -0.25) is 0 Å². The van der Waals surface area contributed by atoms with E-state index in [4.69, 9.17) is 37.9 Å². The molecule has 0 spiro atoms. The van der Waals surface area contributed by atoms with Gasteiger partial charge in [0.1, 0.15) is 11.5 Å². The molecule has 226 valence electrons. The van der Waals surface area contributed by atoms with Crippen molar-refractivity contribution in [1.29, 1.82) is 0 Å². The monoisotopic (exact) mass is 578 g/mol. The third kappa shape index (κ3) is 7.84. The average molecular weight is 579 g/mol. The summed E-state index contributed by atoms with van der Waals surface area (Å²) < 4.78 is 45.4. The summed E-state index contributed by atoms with van der Waals surface area (Å²) in [6, 6.07) is 11.6. The lowest BCUT2D eigenvalue weighted by molar-refractivity contribution is 0.307. The van der Waals surface area contributed by atoms with Gasteiger partial charge in [0.2, 0.25) is 11.5 Å². The smallest absolute Gasteiger partial charge is 0.203 e. The molecule has 3 rings (SSSR count). The van der Waals surface area contributed by atoms with Gasteiger partial charge < -0.3 is 37.9 Å². The fourth-order valence-electron chi connectivity index (χ4n) is 4.29. The van der Waals surface area contributed by atoms with Gasteiger partial charge in [0, 0.05) is 11.1 Å². The van der Waals surface area contributed by atoms with Gasteiger partial charge in [-0.1, -0.05) is 38.2 Å². The van der Waals surface area contributed by atoms with Gasteiger partial charge in [-0.15, -0.1) is 0 Å². The van der Waals surface area contributed by atoms with Crippen LogP contribution in [0.15, 0.2) is 36.4 Å². The van der Waals surface area contributed by atoms with Crippen molar-refractivity contribution in [3.05, 3.63) is 58.7 Å². The molecule has 0 N–H and O–H groups in total. The van der Waals surface area contributed by atoms with Crippen molar-refractivity contribution in [2.75, 3.05) is 55.9 Å². The maximum absolute atomic E-state index is 6.19. The minimum absolute atomic E-state index is 0.544. The fraction of sp³-hybridized carbons (Fsp3) is 0.353. The first-order chi connectivity index (χ1) is 20.5. The van der Waals surface area contributed by atoms with Crippen molar-refractivity contribution in [3.8, 4) is 46.0 Å². The van der Waals surface area contributed by atoms with Gasteiger partial charge in [0.15, 0.2) is 23.0 Å². The maximum atomic E-state index is 6.19. The Morgan fingerprint density at radius 1 is 0.429 bits per heavy atom. The van der Waals surface area contributed by atoms with Crippen molar-refractivity contribution >= 4 is 24.3 Å². The quantitative estimate of drug-likeness (QED) is 0.160. The normalized spacial score (nSPS) is 11.0. The molecule has 0 amide bonds. The summed E-state index contributed by atoms with van der Waals surface area (Å²) in [6.07, 6.45) is 9.71. The molecule has 0 unspecified atom stereocenters. The summed E-state index contributed by atoms with van der Waals surface area (Å²) in [6.45, 7) is 5.32. The molecule has 8 heteroatoms. The Morgan fingerprint density at radius 3 is 1.02 bits per heavy atom.